The monoisotopic (exact) mass is 256 g/mol. The molecule has 0 aliphatic heterocycles. The van der Waals surface area contributed by atoms with E-state index in [1.165, 1.54) is 38.5 Å². The van der Waals surface area contributed by atoms with E-state index in [-0.39, 0.29) is 5.75 Å². The molecule has 3 nitrogen and oxygen atoms in total. The van der Waals surface area contributed by atoms with Crippen molar-refractivity contribution in [2.24, 2.45) is 0 Å². The first-order valence-corrected chi connectivity index (χ1v) is 7.68. The number of hydrogen-bond acceptors (Lipinski definition) is 2. The Bertz CT molecular complexity index is 382. The maximum atomic E-state index is 10.4. The van der Waals surface area contributed by atoms with Crippen LogP contribution in [-0.2, 0) is 15.9 Å². The molecule has 96 valence electrons. The highest BCUT2D eigenvalue weighted by Crippen LogP contribution is 2.15. The highest BCUT2D eigenvalue weighted by molar-refractivity contribution is 7.85. The third-order valence-corrected chi connectivity index (χ3v) is 3.39. The number of rotatable bonds is 2. The van der Waals surface area contributed by atoms with Crippen molar-refractivity contribution in [2.45, 2.75) is 44.3 Å². The number of benzene rings is 1. The Hall–Kier alpha value is -0.870. The van der Waals surface area contributed by atoms with Gasteiger partial charge in [-0.25, -0.2) is 0 Å². The van der Waals surface area contributed by atoms with E-state index in [1.807, 2.05) is 0 Å². The SMILES string of the molecule is C1CCCCC1.O=S(=O)(O)Cc1ccccc1. The van der Waals surface area contributed by atoms with Crippen LogP contribution in [0.4, 0.5) is 0 Å². The van der Waals surface area contributed by atoms with E-state index in [0.29, 0.717) is 5.56 Å². The van der Waals surface area contributed by atoms with Gasteiger partial charge >= 0.3 is 0 Å². The van der Waals surface area contributed by atoms with E-state index < -0.39 is 10.1 Å². The van der Waals surface area contributed by atoms with Crippen LogP contribution in [0.3, 0.4) is 0 Å². The van der Waals surface area contributed by atoms with Gasteiger partial charge in [-0.05, 0) is 5.56 Å². The maximum Gasteiger partial charge on any atom is 0.269 e. The Morgan fingerprint density at radius 2 is 1.29 bits per heavy atom. The third kappa shape index (κ3) is 7.94. The Balaban J connectivity index is 0.000000202. The molecule has 1 aromatic carbocycles. The van der Waals surface area contributed by atoms with Crippen LogP contribution in [0.2, 0.25) is 0 Å². The van der Waals surface area contributed by atoms with Crippen LogP contribution in [0, 0.1) is 0 Å². The van der Waals surface area contributed by atoms with Gasteiger partial charge in [0.05, 0.1) is 0 Å². The second kappa shape index (κ2) is 7.45. The minimum Gasteiger partial charge on any atom is -0.285 e. The summed E-state index contributed by atoms with van der Waals surface area (Å²) in [6.45, 7) is 0. The van der Waals surface area contributed by atoms with Crippen molar-refractivity contribution in [2.75, 3.05) is 0 Å². The zero-order valence-electron chi connectivity index (χ0n) is 10.0. The van der Waals surface area contributed by atoms with Crippen molar-refractivity contribution in [1.29, 1.82) is 0 Å². The minimum absolute atomic E-state index is 0.312. The average Bonchev–Trinajstić information content (AvgIpc) is 2.31. The molecule has 4 heteroatoms. The maximum absolute atomic E-state index is 10.4. The van der Waals surface area contributed by atoms with Gasteiger partial charge in [0.15, 0.2) is 0 Å². The molecule has 0 amide bonds. The van der Waals surface area contributed by atoms with Gasteiger partial charge in [-0.2, -0.15) is 8.42 Å². The molecule has 1 aliphatic carbocycles. The largest absolute Gasteiger partial charge is 0.285 e. The molecule has 1 fully saturated rings. The molecule has 0 heterocycles. The molecule has 1 aromatic rings. The predicted molar refractivity (Wildman–Crippen MR) is 69.4 cm³/mol. The molecule has 0 radical (unpaired) electrons. The first-order chi connectivity index (χ1) is 8.08. The molecular formula is C13H20O3S. The van der Waals surface area contributed by atoms with E-state index in [4.69, 9.17) is 4.55 Å². The molecule has 0 aromatic heterocycles. The van der Waals surface area contributed by atoms with Crippen LogP contribution in [0.1, 0.15) is 44.1 Å². The second-order valence-electron chi connectivity index (χ2n) is 4.33. The van der Waals surface area contributed by atoms with Crippen molar-refractivity contribution in [3.8, 4) is 0 Å². The fourth-order valence-electron chi connectivity index (χ4n) is 1.85. The molecule has 1 N–H and O–H groups in total. The van der Waals surface area contributed by atoms with E-state index in [2.05, 4.69) is 0 Å². The summed E-state index contributed by atoms with van der Waals surface area (Å²) in [6.07, 6.45) is 9.00. The standard InChI is InChI=1S/C7H8O3S.C6H12/c8-11(9,10)6-7-4-2-1-3-5-7;1-2-4-6-5-3-1/h1-5H,6H2,(H,8,9,10);1-6H2. The summed E-state index contributed by atoms with van der Waals surface area (Å²) in [5.74, 6) is -0.312. The van der Waals surface area contributed by atoms with Gasteiger partial charge in [0.25, 0.3) is 10.1 Å². The first-order valence-electron chi connectivity index (χ1n) is 6.07. The smallest absolute Gasteiger partial charge is 0.269 e. The lowest BCUT2D eigenvalue weighted by Crippen LogP contribution is -2.00. The highest BCUT2D eigenvalue weighted by atomic mass is 32.2. The molecule has 0 bridgehead atoms. The van der Waals surface area contributed by atoms with Crippen molar-refractivity contribution in [3.63, 3.8) is 0 Å². The molecule has 2 rings (SSSR count). The normalized spacial score (nSPS) is 15.8. The van der Waals surface area contributed by atoms with Crippen LogP contribution in [0.25, 0.3) is 0 Å². The Labute approximate surface area is 104 Å². The molecule has 0 atom stereocenters. The van der Waals surface area contributed by atoms with Crippen LogP contribution in [0.5, 0.6) is 0 Å². The molecular weight excluding hydrogens is 236 g/mol. The highest BCUT2D eigenvalue weighted by Gasteiger charge is 2.04. The van der Waals surface area contributed by atoms with E-state index in [0.717, 1.165) is 0 Å². The second-order valence-corrected chi connectivity index (χ2v) is 5.79. The number of hydrogen-bond donors (Lipinski definition) is 1. The lowest BCUT2D eigenvalue weighted by atomic mass is 10.0. The summed E-state index contributed by atoms with van der Waals surface area (Å²) < 4.78 is 29.2. The third-order valence-electron chi connectivity index (χ3n) is 2.69. The van der Waals surface area contributed by atoms with Crippen molar-refractivity contribution in [3.05, 3.63) is 35.9 Å². The predicted octanol–water partition coefficient (Wildman–Crippen LogP) is 3.42. The van der Waals surface area contributed by atoms with Gasteiger partial charge < -0.3 is 0 Å². The summed E-state index contributed by atoms with van der Waals surface area (Å²) in [5.41, 5.74) is 0.593. The Morgan fingerprint density at radius 3 is 1.65 bits per heavy atom. The summed E-state index contributed by atoms with van der Waals surface area (Å²) >= 11 is 0. The van der Waals surface area contributed by atoms with Gasteiger partial charge in [0, 0.05) is 0 Å². The summed E-state index contributed by atoms with van der Waals surface area (Å²) in [7, 11) is -3.88. The van der Waals surface area contributed by atoms with E-state index in [9.17, 15) is 8.42 Å². The Kier molecular flexibility index (Phi) is 6.22. The average molecular weight is 256 g/mol. The lowest BCUT2D eigenvalue weighted by Gasteiger charge is -2.05. The quantitative estimate of drug-likeness (QED) is 0.825. The zero-order valence-corrected chi connectivity index (χ0v) is 10.8. The van der Waals surface area contributed by atoms with Crippen LogP contribution >= 0.6 is 0 Å². The van der Waals surface area contributed by atoms with Gasteiger partial charge in [0.1, 0.15) is 5.75 Å². The molecule has 1 aliphatic rings. The van der Waals surface area contributed by atoms with Crippen molar-refractivity contribution >= 4 is 10.1 Å². The molecule has 0 unspecified atom stereocenters. The fourth-order valence-corrected chi connectivity index (χ4v) is 2.46. The van der Waals surface area contributed by atoms with Gasteiger partial charge in [0.2, 0.25) is 0 Å². The summed E-state index contributed by atoms with van der Waals surface area (Å²) in [4.78, 5) is 0. The van der Waals surface area contributed by atoms with Crippen LogP contribution in [-0.4, -0.2) is 13.0 Å². The lowest BCUT2D eigenvalue weighted by molar-refractivity contribution is 0.482. The molecule has 0 spiro atoms. The van der Waals surface area contributed by atoms with E-state index in [1.54, 1.807) is 30.3 Å². The van der Waals surface area contributed by atoms with Gasteiger partial charge in [-0.3, -0.25) is 4.55 Å². The minimum atomic E-state index is -3.88. The molecule has 17 heavy (non-hydrogen) atoms. The van der Waals surface area contributed by atoms with Gasteiger partial charge in [-0.15, -0.1) is 0 Å². The first kappa shape index (κ1) is 14.2. The zero-order chi connectivity index (χ0) is 12.6. The summed E-state index contributed by atoms with van der Waals surface area (Å²) in [5, 5.41) is 0. The Morgan fingerprint density at radius 1 is 0.882 bits per heavy atom. The summed E-state index contributed by atoms with van der Waals surface area (Å²) in [6, 6.07) is 8.52. The van der Waals surface area contributed by atoms with Gasteiger partial charge in [-0.1, -0.05) is 68.9 Å². The topological polar surface area (TPSA) is 54.4 Å². The van der Waals surface area contributed by atoms with Crippen LogP contribution < -0.4 is 0 Å². The van der Waals surface area contributed by atoms with Crippen molar-refractivity contribution < 1.29 is 13.0 Å². The fraction of sp³-hybridized carbons (Fsp3) is 0.538. The molecule has 1 saturated carbocycles. The molecule has 0 saturated heterocycles. The van der Waals surface area contributed by atoms with Crippen molar-refractivity contribution in [1.82, 2.24) is 0 Å². The van der Waals surface area contributed by atoms with Crippen LogP contribution in [0.15, 0.2) is 30.3 Å². The van der Waals surface area contributed by atoms with E-state index >= 15 is 0 Å².